The normalized spacial score (nSPS) is 10.0. The molecule has 0 aliphatic rings. The van der Waals surface area contributed by atoms with Crippen LogP contribution in [-0.4, -0.2) is 31.3 Å². The minimum Gasteiger partial charge on any atom is -0.496 e. The molecule has 1 aromatic rings. The predicted molar refractivity (Wildman–Crippen MR) is 68.4 cm³/mol. The maximum Gasteiger partial charge on any atom is 0.281 e. The first-order valence-electron chi connectivity index (χ1n) is 4.71. The molecule has 5 heteroatoms. The molecule has 0 saturated heterocycles. The summed E-state index contributed by atoms with van der Waals surface area (Å²) in [5, 5.41) is 0.663. The average Bonchev–Trinajstić information content (AvgIpc) is 2.25. The van der Waals surface area contributed by atoms with Crippen LogP contribution in [0.25, 0.3) is 0 Å². The van der Waals surface area contributed by atoms with Crippen LogP contribution in [0.15, 0.2) is 18.2 Å². The van der Waals surface area contributed by atoms with E-state index >= 15 is 0 Å². The Morgan fingerprint density at radius 2 is 2.19 bits per heavy atom. The molecular weight excluding hydrogens is 246 g/mol. The largest absolute Gasteiger partial charge is 0.496 e. The Morgan fingerprint density at radius 3 is 2.75 bits per heavy atom. The lowest BCUT2D eigenvalue weighted by atomic mass is 10.2. The molecule has 1 aromatic carbocycles. The number of ether oxygens (including phenoxy) is 1. The molecule has 1 rings (SSSR count). The Hall–Kier alpha value is -0.870. The molecule has 0 spiro atoms. The van der Waals surface area contributed by atoms with Crippen LogP contribution in [0.1, 0.15) is 5.56 Å². The zero-order chi connectivity index (χ0) is 12.1. The Labute approximate surface area is 105 Å². The lowest BCUT2D eigenvalue weighted by Gasteiger charge is -2.11. The van der Waals surface area contributed by atoms with E-state index in [-0.39, 0.29) is 5.24 Å². The number of halogens is 1. The summed E-state index contributed by atoms with van der Waals surface area (Å²) in [6.07, 6.45) is 0. The van der Waals surface area contributed by atoms with Crippen molar-refractivity contribution in [2.24, 2.45) is 0 Å². The zero-order valence-electron chi connectivity index (χ0n) is 9.49. The fraction of sp³-hybridized carbons (Fsp3) is 0.364. The standard InChI is InChI=1S/C11H14ClNO2S/c1-13(2)11(14)16-7-8-6-9(12)4-5-10(8)15-3/h4-6H,7H2,1-3H3. The van der Waals surface area contributed by atoms with Gasteiger partial charge < -0.3 is 9.64 Å². The van der Waals surface area contributed by atoms with Crippen molar-refractivity contribution in [3.05, 3.63) is 28.8 Å². The summed E-state index contributed by atoms with van der Waals surface area (Å²) in [7, 11) is 5.06. The number of hydrogen-bond acceptors (Lipinski definition) is 3. The van der Waals surface area contributed by atoms with E-state index in [1.54, 1.807) is 38.2 Å². The van der Waals surface area contributed by atoms with Gasteiger partial charge in [-0.25, -0.2) is 0 Å². The van der Waals surface area contributed by atoms with Crippen molar-refractivity contribution in [3.8, 4) is 5.75 Å². The van der Waals surface area contributed by atoms with Gasteiger partial charge in [0.2, 0.25) is 0 Å². The smallest absolute Gasteiger partial charge is 0.281 e. The molecular formula is C11H14ClNO2S. The van der Waals surface area contributed by atoms with Gasteiger partial charge in [0.25, 0.3) is 5.24 Å². The van der Waals surface area contributed by atoms with Crippen LogP contribution in [0, 0.1) is 0 Å². The molecule has 0 N–H and O–H groups in total. The fourth-order valence-corrected chi connectivity index (χ4v) is 2.09. The van der Waals surface area contributed by atoms with Crippen molar-refractivity contribution in [1.29, 1.82) is 0 Å². The highest BCUT2D eigenvalue weighted by Gasteiger charge is 2.09. The summed E-state index contributed by atoms with van der Waals surface area (Å²) in [5.41, 5.74) is 0.926. The monoisotopic (exact) mass is 259 g/mol. The predicted octanol–water partition coefficient (Wildman–Crippen LogP) is 3.26. The lowest BCUT2D eigenvalue weighted by molar-refractivity contribution is 0.241. The Bertz CT molecular complexity index is 382. The molecule has 0 fully saturated rings. The van der Waals surface area contributed by atoms with Crippen molar-refractivity contribution in [3.63, 3.8) is 0 Å². The van der Waals surface area contributed by atoms with Crippen LogP contribution < -0.4 is 4.74 Å². The first kappa shape index (κ1) is 13.2. The van der Waals surface area contributed by atoms with Gasteiger partial charge in [-0.05, 0) is 18.2 Å². The molecule has 0 radical (unpaired) electrons. The first-order chi connectivity index (χ1) is 7.54. The van der Waals surface area contributed by atoms with Gasteiger partial charge in [0, 0.05) is 30.4 Å². The molecule has 0 bridgehead atoms. The van der Waals surface area contributed by atoms with Crippen LogP contribution >= 0.6 is 23.4 Å². The van der Waals surface area contributed by atoms with Gasteiger partial charge in [-0.2, -0.15) is 0 Å². The number of hydrogen-bond donors (Lipinski definition) is 0. The van der Waals surface area contributed by atoms with E-state index in [1.807, 2.05) is 6.07 Å². The average molecular weight is 260 g/mol. The topological polar surface area (TPSA) is 29.5 Å². The highest BCUT2D eigenvalue weighted by atomic mass is 35.5. The SMILES string of the molecule is COc1ccc(Cl)cc1CSC(=O)N(C)C. The van der Waals surface area contributed by atoms with E-state index in [0.717, 1.165) is 11.3 Å². The van der Waals surface area contributed by atoms with E-state index in [2.05, 4.69) is 0 Å². The van der Waals surface area contributed by atoms with Crippen LogP contribution in [0.3, 0.4) is 0 Å². The summed E-state index contributed by atoms with van der Waals surface area (Å²) >= 11 is 7.12. The molecule has 16 heavy (non-hydrogen) atoms. The van der Waals surface area contributed by atoms with Gasteiger partial charge in [0.15, 0.2) is 0 Å². The molecule has 0 aromatic heterocycles. The van der Waals surface area contributed by atoms with Crippen molar-refractivity contribution in [1.82, 2.24) is 4.90 Å². The summed E-state index contributed by atoms with van der Waals surface area (Å²) in [4.78, 5) is 13.0. The number of nitrogens with zero attached hydrogens (tertiary/aromatic N) is 1. The van der Waals surface area contributed by atoms with Gasteiger partial charge in [-0.3, -0.25) is 4.79 Å². The van der Waals surface area contributed by atoms with Crippen LogP contribution in [0.4, 0.5) is 4.79 Å². The van der Waals surface area contributed by atoms with Gasteiger partial charge in [0.1, 0.15) is 5.75 Å². The number of thioether (sulfide) groups is 1. The highest BCUT2D eigenvalue weighted by molar-refractivity contribution is 8.12. The third kappa shape index (κ3) is 3.61. The minimum absolute atomic E-state index is 0.0158. The molecule has 88 valence electrons. The van der Waals surface area contributed by atoms with Gasteiger partial charge in [-0.15, -0.1) is 0 Å². The van der Waals surface area contributed by atoms with E-state index < -0.39 is 0 Å². The van der Waals surface area contributed by atoms with E-state index in [1.165, 1.54) is 11.8 Å². The molecule has 1 amide bonds. The first-order valence-corrected chi connectivity index (χ1v) is 6.07. The number of benzene rings is 1. The van der Waals surface area contributed by atoms with E-state index in [0.29, 0.717) is 10.8 Å². The van der Waals surface area contributed by atoms with Crippen molar-refractivity contribution in [2.75, 3.05) is 21.2 Å². The van der Waals surface area contributed by atoms with Crippen molar-refractivity contribution < 1.29 is 9.53 Å². The number of carbonyl (C=O) groups is 1. The van der Waals surface area contributed by atoms with Gasteiger partial charge in [-0.1, -0.05) is 23.4 Å². The van der Waals surface area contributed by atoms with Crippen LogP contribution in [0.2, 0.25) is 5.02 Å². The highest BCUT2D eigenvalue weighted by Crippen LogP contribution is 2.27. The second-order valence-electron chi connectivity index (χ2n) is 3.41. The maximum absolute atomic E-state index is 11.4. The fourth-order valence-electron chi connectivity index (χ4n) is 1.13. The maximum atomic E-state index is 11.4. The van der Waals surface area contributed by atoms with Gasteiger partial charge in [0.05, 0.1) is 7.11 Å². The van der Waals surface area contributed by atoms with E-state index in [9.17, 15) is 4.79 Å². The molecule has 0 atom stereocenters. The van der Waals surface area contributed by atoms with Crippen molar-refractivity contribution in [2.45, 2.75) is 5.75 Å². The van der Waals surface area contributed by atoms with E-state index in [4.69, 9.17) is 16.3 Å². The minimum atomic E-state index is 0.0158. The van der Waals surface area contributed by atoms with Crippen LogP contribution in [0.5, 0.6) is 5.75 Å². The Kier molecular flexibility index (Phi) is 4.96. The summed E-state index contributed by atoms with van der Waals surface area (Å²) in [5.74, 6) is 1.31. The summed E-state index contributed by atoms with van der Waals surface area (Å²) in [6.45, 7) is 0. The Morgan fingerprint density at radius 1 is 1.50 bits per heavy atom. The number of carbonyl (C=O) groups excluding carboxylic acids is 1. The molecule has 0 heterocycles. The second kappa shape index (κ2) is 6.01. The summed E-state index contributed by atoms with van der Waals surface area (Å²) < 4.78 is 5.20. The summed E-state index contributed by atoms with van der Waals surface area (Å²) in [6, 6.07) is 5.39. The second-order valence-corrected chi connectivity index (χ2v) is 4.77. The van der Waals surface area contributed by atoms with Crippen molar-refractivity contribution >= 4 is 28.6 Å². The Balaban J connectivity index is 2.72. The molecule has 0 aliphatic heterocycles. The third-order valence-corrected chi connectivity index (χ3v) is 3.26. The van der Waals surface area contributed by atoms with Crippen LogP contribution in [-0.2, 0) is 5.75 Å². The number of rotatable bonds is 3. The number of methoxy groups -OCH3 is 1. The zero-order valence-corrected chi connectivity index (χ0v) is 11.1. The molecule has 0 unspecified atom stereocenters. The van der Waals surface area contributed by atoms with Gasteiger partial charge >= 0.3 is 0 Å². The molecule has 0 aliphatic carbocycles. The third-order valence-electron chi connectivity index (χ3n) is 1.96. The number of amides is 1. The quantitative estimate of drug-likeness (QED) is 0.835. The molecule has 0 saturated carbocycles. The molecule has 3 nitrogen and oxygen atoms in total. The lowest BCUT2D eigenvalue weighted by Crippen LogP contribution is -2.16.